The molecule has 12 heavy (non-hydrogen) atoms. The number of hydrogen-bond donors (Lipinski definition) is 2. The topological polar surface area (TPSA) is 40.5 Å². The lowest BCUT2D eigenvalue weighted by Crippen LogP contribution is -2.09. The van der Waals surface area contributed by atoms with Gasteiger partial charge in [0.05, 0.1) is 6.61 Å². The van der Waals surface area contributed by atoms with E-state index in [1.54, 1.807) is 6.08 Å². The summed E-state index contributed by atoms with van der Waals surface area (Å²) in [7, 11) is 0. The highest BCUT2D eigenvalue weighted by molar-refractivity contribution is 5.13. The first-order valence-corrected chi connectivity index (χ1v) is 3.97. The van der Waals surface area contributed by atoms with Crippen LogP contribution in [0.25, 0.3) is 0 Å². The summed E-state index contributed by atoms with van der Waals surface area (Å²) in [6.07, 6.45) is 2.75. The molecule has 0 aromatic rings. The SMILES string of the molecule is C=C=C(CO)C(O)/C=C/C(C)C. The Balaban J connectivity index is 4.20. The molecular weight excluding hydrogens is 152 g/mol. The van der Waals surface area contributed by atoms with Crippen LogP contribution in [0.4, 0.5) is 0 Å². The summed E-state index contributed by atoms with van der Waals surface area (Å²) >= 11 is 0. The van der Waals surface area contributed by atoms with E-state index in [0.717, 1.165) is 0 Å². The molecule has 2 heteroatoms. The molecule has 0 radical (unpaired) electrons. The van der Waals surface area contributed by atoms with Crippen molar-refractivity contribution in [3.8, 4) is 0 Å². The van der Waals surface area contributed by atoms with E-state index in [2.05, 4.69) is 12.3 Å². The monoisotopic (exact) mass is 168 g/mol. The first-order valence-electron chi connectivity index (χ1n) is 3.97. The Labute approximate surface area is 73.5 Å². The van der Waals surface area contributed by atoms with E-state index >= 15 is 0 Å². The molecule has 0 spiro atoms. The zero-order valence-corrected chi connectivity index (χ0v) is 7.62. The van der Waals surface area contributed by atoms with Gasteiger partial charge in [-0.3, -0.25) is 0 Å². The predicted molar refractivity (Wildman–Crippen MR) is 49.7 cm³/mol. The van der Waals surface area contributed by atoms with Crippen molar-refractivity contribution >= 4 is 0 Å². The molecule has 0 amide bonds. The van der Waals surface area contributed by atoms with Crippen LogP contribution in [-0.2, 0) is 0 Å². The summed E-state index contributed by atoms with van der Waals surface area (Å²) in [6.45, 7) is 7.19. The smallest absolute Gasteiger partial charge is 0.103 e. The highest BCUT2D eigenvalue weighted by Crippen LogP contribution is 2.03. The summed E-state index contributed by atoms with van der Waals surface area (Å²) in [4.78, 5) is 0. The Morgan fingerprint density at radius 1 is 1.50 bits per heavy atom. The molecule has 0 saturated carbocycles. The van der Waals surface area contributed by atoms with Crippen molar-refractivity contribution in [2.75, 3.05) is 6.61 Å². The van der Waals surface area contributed by atoms with Gasteiger partial charge in [0.1, 0.15) is 6.10 Å². The maximum Gasteiger partial charge on any atom is 0.103 e. The van der Waals surface area contributed by atoms with E-state index < -0.39 is 6.10 Å². The maximum atomic E-state index is 9.37. The van der Waals surface area contributed by atoms with Gasteiger partial charge < -0.3 is 10.2 Å². The third-order valence-electron chi connectivity index (χ3n) is 1.43. The van der Waals surface area contributed by atoms with Crippen molar-refractivity contribution < 1.29 is 10.2 Å². The Bertz CT molecular complexity index is 198. The second-order valence-corrected chi connectivity index (χ2v) is 2.93. The molecule has 0 heterocycles. The normalized spacial score (nSPS) is 13.4. The molecule has 68 valence electrons. The third-order valence-corrected chi connectivity index (χ3v) is 1.43. The van der Waals surface area contributed by atoms with Crippen LogP contribution >= 0.6 is 0 Å². The summed E-state index contributed by atoms with van der Waals surface area (Å²) in [5, 5.41) is 18.1. The molecule has 0 saturated heterocycles. The van der Waals surface area contributed by atoms with Crippen molar-refractivity contribution in [1.82, 2.24) is 0 Å². The zero-order chi connectivity index (χ0) is 9.56. The van der Waals surface area contributed by atoms with Gasteiger partial charge in [0.25, 0.3) is 0 Å². The molecule has 0 fully saturated rings. The second-order valence-electron chi connectivity index (χ2n) is 2.93. The van der Waals surface area contributed by atoms with E-state index in [1.165, 1.54) is 0 Å². The van der Waals surface area contributed by atoms with Gasteiger partial charge in [-0.15, -0.1) is 5.73 Å². The van der Waals surface area contributed by atoms with Gasteiger partial charge in [-0.25, -0.2) is 0 Å². The number of allylic oxidation sites excluding steroid dienone is 1. The fraction of sp³-hybridized carbons (Fsp3) is 0.500. The van der Waals surface area contributed by atoms with E-state index in [0.29, 0.717) is 11.5 Å². The van der Waals surface area contributed by atoms with Gasteiger partial charge in [-0.2, -0.15) is 0 Å². The highest BCUT2D eigenvalue weighted by atomic mass is 16.3. The van der Waals surface area contributed by atoms with Gasteiger partial charge in [0.15, 0.2) is 0 Å². The largest absolute Gasteiger partial charge is 0.391 e. The standard InChI is InChI=1S/C10H16O2/c1-4-9(7-11)10(12)6-5-8(2)3/h5-6,8,10-12H,1,7H2,2-3H3/b6-5+. The number of aliphatic hydroxyl groups is 2. The summed E-state index contributed by atoms with van der Waals surface area (Å²) in [6, 6.07) is 0. The van der Waals surface area contributed by atoms with E-state index in [-0.39, 0.29) is 6.61 Å². The molecule has 1 unspecified atom stereocenters. The third kappa shape index (κ3) is 4.14. The number of hydrogen-bond acceptors (Lipinski definition) is 2. The van der Waals surface area contributed by atoms with Gasteiger partial charge in [0, 0.05) is 5.57 Å². The van der Waals surface area contributed by atoms with Gasteiger partial charge in [-0.05, 0) is 5.92 Å². The van der Waals surface area contributed by atoms with Crippen molar-refractivity contribution in [3.63, 3.8) is 0 Å². The number of rotatable bonds is 4. The van der Waals surface area contributed by atoms with Crippen LogP contribution in [0.1, 0.15) is 13.8 Å². The van der Waals surface area contributed by atoms with Crippen molar-refractivity contribution in [1.29, 1.82) is 0 Å². The van der Waals surface area contributed by atoms with Crippen LogP contribution in [-0.4, -0.2) is 22.9 Å². The summed E-state index contributed by atoms with van der Waals surface area (Å²) in [5.41, 5.74) is 2.90. The zero-order valence-electron chi connectivity index (χ0n) is 7.62. The van der Waals surface area contributed by atoms with Gasteiger partial charge in [-0.1, -0.05) is 32.6 Å². The minimum absolute atomic E-state index is 0.201. The van der Waals surface area contributed by atoms with Crippen LogP contribution in [0, 0.1) is 5.92 Å². The molecule has 0 aliphatic carbocycles. The second kappa shape index (κ2) is 5.78. The fourth-order valence-corrected chi connectivity index (χ4v) is 0.698. The summed E-state index contributed by atoms with van der Waals surface area (Å²) < 4.78 is 0. The molecule has 2 N–H and O–H groups in total. The molecule has 0 bridgehead atoms. The Morgan fingerprint density at radius 3 is 2.42 bits per heavy atom. The minimum atomic E-state index is -0.755. The molecule has 0 aromatic carbocycles. The highest BCUT2D eigenvalue weighted by Gasteiger charge is 2.04. The number of aliphatic hydroxyl groups excluding tert-OH is 2. The lowest BCUT2D eigenvalue weighted by atomic mass is 10.1. The van der Waals surface area contributed by atoms with E-state index in [1.807, 2.05) is 19.9 Å². The van der Waals surface area contributed by atoms with Crippen LogP contribution in [0.3, 0.4) is 0 Å². The molecule has 1 atom stereocenters. The molecular formula is C10H16O2. The lowest BCUT2D eigenvalue weighted by Gasteiger charge is -2.05. The lowest BCUT2D eigenvalue weighted by molar-refractivity contribution is 0.226. The predicted octanol–water partition coefficient (Wildman–Crippen LogP) is 1.26. The molecule has 2 nitrogen and oxygen atoms in total. The van der Waals surface area contributed by atoms with E-state index in [9.17, 15) is 5.11 Å². The van der Waals surface area contributed by atoms with Crippen LogP contribution in [0.5, 0.6) is 0 Å². The first kappa shape index (κ1) is 11.2. The summed E-state index contributed by atoms with van der Waals surface area (Å²) in [5.74, 6) is 0.393. The van der Waals surface area contributed by atoms with Gasteiger partial charge in [0.2, 0.25) is 0 Å². The van der Waals surface area contributed by atoms with Gasteiger partial charge >= 0.3 is 0 Å². The average molecular weight is 168 g/mol. The molecule has 0 rings (SSSR count). The van der Waals surface area contributed by atoms with Crippen molar-refractivity contribution in [2.45, 2.75) is 20.0 Å². The Hall–Kier alpha value is -0.820. The van der Waals surface area contributed by atoms with Crippen molar-refractivity contribution in [3.05, 3.63) is 30.0 Å². The van der Waals surface area contributed by atoms with E-state index in [4.69, 9.17) is 5.11 Å². The molecule has 0 aliphatic rings. The van der Waals surface area contributed by atoms with Crippen LogP contribution in [0.15, 0.2) is 30.0 Å². The van der Waals surface area contributed by atoms with Crippen LogP contribution in [0.2, 0.25) is 0 Å². The minimum Gasteiger partial charge on any atom is -0.391 e. The van der Waals surface area contributed by atoms with Crippen molar-refractivity contribution in [2.24, 2.45) is 5.92 Å². The first-order chi connectivity index (χ1) is 5.61. The molecule has 0 aliphatic heterocycles. The Morgan fingerprint density at radius 2 is 2.08 bits per heavy atom. The van der Waals surface area contributed by atoms with Crippen LogP contribution < -0.4 is 0 Å². The molecule has 0 aromatic heterocycles. The Kier molecular flexibility index (Phi) is 5.39. The fourth-order valence-electron chi connectivity index (χ4n) is 0.698. The quantitative estimate of drug-likeness (QED) is 0.490. The average Bonchev–Trinajstić information content (AvgIpc) is 2.03. The maximum absolute atomic E-state index is 9.37.